The topological polar surface area (TPSA) is 65.2 Å². The Labute approximate surface area is 130 Å². The van der Waals surface area contributed by atoms with Gasteiger partial charge in [-0.05, 0) is 37.7 Å². The van der Waals surface area contributed by atoms with E-state index in [1.807, 2.05) is 19.1 Å². The number of pyridine rings is 1. The van der Waals surface area contributed by atoms with Gasteiger partial charge in [-0.1, -0.05) is 19.9 Å². The van der Waals surface area contributed by atoms with Crippen LogP contribution in [0.25, 0.3) is 10.9 Å². The van der Waals surface area contributed by atoms with Crippen LogP contribution in [-0.2, 0) is 0 Å². The van der Waals surface area contributed by atoms with Crippen molar-refractivity contribution >= 4 is 16.8 Å². The van der Waals surface area contributed by atoms with E-state index in [2.05, 4.69) is 29.0 Å². The Morgan fingerprint density at radius 1 is 1.27 bits per heavy atom. The fourth-order valence-electron chi connectivity index (χ4n) is 2.47. The Morgan fingerprint density at radius 2 is 2.00 bits per heavy atom. The molecule has 0 atom stereocenters. The van der Waals surface area contributed by atoms with E-state index in [0.717, 1.165) is 30.7 Å². The fourth-order valence-corrected chi connectivity index (χ4v) is 2.47. The van der Waals surface area contributed by atoms with E-state index >= 15 is 0 Å². The number of H-pyrrole nitrogens is 1. The average Bonchev–Trinajstić information content (AvgIpc) is 2.51. The van der Waals surface area contributed by atoms with Gasteiger partial charge < -0.3 is 15.2 Å². The van der Waals surface area contributed by atoms with Crippen LogP contribution in [0.2, 0.25) is 0 Å². The summed E-state index contributed by atoms with van der Waals surface area (Å²) in [7, 11) is 0. The Morgan fingerprint density at radius 3 is 2.68 bits per heavy atom. The molecule has 0 saturated carbocycles. The highest BCUT2D eigenvalue weighted by molar-refractivity contribution is 5.97. The zero-order valence-corrected chi connectivity index (χ0v) is 13.4. The molecule has 1 aromatic carbocycles. The number of benzene rings is 1. The maximum Gasteiger partial charge on any atom is 0.256 e. The lowest BCUT2D eigenvalue weighted by atomic mass is 10.1. The third-order valence-electron chi connectivity index (χ3n) is 3.89. The molecule has 0 aliphatic heterocycles. The summed E-state index contributed by atoms with van der Waals surface area (Å²) in [6.45, 7) is 9.34. The standard InChI is InChI=1S/C17H23N3O2/c1-4-20(5-2)9-8-18-17(22)14-11-19-15-10-12(3)6-7-13(15)16(14)21/h6-7,10-11H,4-5,8-9H2,1-3H3,(H,18,22)(H,19,21). The number of nitrogens with one attached hydrogen (secondary N) is 2. The second kappa shape index (κ2) is 7.22. The summed E-state index contributed by atoms with van der Waals surface area (Å²) in [6.07, 6.45) is 1.50. The van der Waals surface area contributed by atoms with Crippen LogP contribution in [0, 0.1) is 6.92 Å². The molecular formula is C17H23N3O2. The van der Waals surface area contributed by atoms with Crippen LogP contribution < -0.4 is 10.7 Å². The molecule has 118 valence electrons. The predicted molar refractivity (Wildman–Crippen MR) is 89.4 cm³/mol. The smallest absolute Gasteiger partial charge is 0.256 e. The molecule has 0 fully saturated rings. The molecule has 2 aromatic rings. The van der Waals surface area contributed by atoms with Crippen molar-refractivity contribution in [3.63, 3.8) is 0 Å². The van der Waals surface area contributed by atoms with Crippen molar-refractivity contribution < 1.29 is 4.79 Å². The maximum atomic E-state index is 12.4. The number of carbonyl (C=O) groups excluding carboxylic acids is 1. The van der Waals surface area contributed by atoms with Crippen molar-refractivity contribution in [2.24, 2.45) is 0 Å². The minimum absolute atomic E-state index is 0.163. The first-order chi connectivity index (χ1) is 10.6. The molecule has 0 unspecified atom stereocenters. The van der Waals surface area contributed by atoms with Crippen LogP contribution in [0.5, 0.6) is 0 Å². The number of likely N-dealkylation sites (N-methyl/N-ethyl adjacent to an activating group) is 1. The molecule has 22 heavy (non-hydrogen) atoms. The zero-order chi connectivity index (χ0) is 16.1. The quantitative estimate of drug-likeness (QED) is 0.856. The van der Waals surface area contributed by atoms with Gasteiger partial charge in [-0.3, -0.25) is 9.59 Å². The highest BCUT2D eigenvalue weighted by atomic mass is 16.2. The van der Waals surface area contributed by atoms with E-state index < -0.39 is 0 Å². The van der Waals surface area contributed by atoms with Gasteiger partial charge in [0.1, 0.15) is 5.56 Å². The Hall–Kier alpha value is -2.14. The van der Waals surface area contributed by atoms with Crippen LogP contribution in [0.3, 0.4) is 0 Å². The lowest BCUT2D eigenvalue weighted by molar-refractivity contribution is 0.0947. The van der Waals surface area contributed by atoms with Crippen molar-refractivity contribution in [2.75, 3.05) is 26.2 Å². The predicted octanol–water partition coefficient (Wildman–Crippen LogP) is 1.91. The van der Waals surface area contributed by atoms with Gasteiger partial charge in [0.25, 0.3) is 5.91 Å². The van der Waals surface area contributed by atoms with Gasteiger partial charge in [0.15, 0.2) is 0 Å². The lowest BCUT2D eigenvalue weighted by Crippen LogP contribution is -2.36. The molecule has 0 saturated heterocycles. The Bertz CT molecular complexity index is 717. The molecule has 2 rings (SSSR count). The second-order valence-corrected chi connectivity index (χ2v) is 5.36. The van der Waals surface area contributed by atoms with Gasteiger partial charge in [-0.15, -0.1) is 0 Å². The highest BCUT2D eigenvalue weighted by Crippen LogP contribution is 2.10. The number of carbonyl (C=O) groups is 1. The summed E-state index contributed by atoms with van der Waals surface area (Å²) in [6, 6.07) is 5.54. The van der Waals surface area contributed by atoms with Gasteiger partial charge in [-0.25, -0.2) is 0 Å². The number of aryl methyl sites for hydroxylation is 1. The highest BCUT2D eigenvalue weighted by Gasteiger charge is 2.12. The third kappa shape index (κ3) is 3.54. The van der Waals surface area contributed by atoms with E-state index in [1.165, 1.54) is 6.20 Å². The number of hydrogen-bond donors (Lipinski definition) is 2. The number of fused-ring (bicyclic) bond motifs is 1. The molecule has 0 bridgehead atoms. The van der Waals surface area contributed by atoms with Crippen molar-refractivity contribution in [2.45, 2.75) is 20.8 Å². The molecule has 1 aromatic heterocycles. The van der Waals surface area contributed by atoms with Crippen LogP contribution in [0.15, 0.2) is 29.2 Å². The van der Waals surface area contributed by atoms with E-state index in [9.17, 15) is 9.59 Å². The second-order valence-electron chi connectivity index (χ2n) is 5.36. The third-order valence-corrected chi connectivity index (χ3v) is 3.89. The van der Waals surface area contributed by atoms with E-state index in [-0.39, 0.29) is 16.9 Å². The summed E-state index contributed by atoms with van der Waals surface area (Å²) in [5.41, 5.74) is 1.76. The van der Waals surface area contributed by atoms with Crippen LogP contribution in [-0.4, -0.2) is 42.0 Å². The maximum absolute atomic E-state index is 12.4. The number of rotatable bonds is 6. The summed E-state index contributed by atoms with van der Waals surface area (Å²) < 4.78 is 0. The fraction of sp³-hybridized carbons (Fsp3) is 0.412. The molecule has 5 heteroatoms. The molecule has 2 N–H and O–H groups in total. The van der Waals surface area contributed by atoms with Crippen molar-refractivity contribution in [1.82, 2.24) is 15.2 Å². The normalized spacial score (nSPS) is 11.1. The van der Waals surface area contributed by atoms with Crippen molar-refractivity contribution in [1.29, 1.82) is 0 Å². The Balaban J connectivity index is 2.13. The molecular weight excluding hydrogens is 278 g/mol. The van der Waals surface area contributed by atoms with E-state index in [4.69, 9.17) is 0 Å². The number of hydrogen-bond acceptors (Lipinski definition) is 3. The van der Waals surface area contributed by atoms with Gasteiger partial charge in [0.2, 0.25) is 5.43 Å². The monoisotopic (exact) mass is 301 g/mol. The minimum atomic E-state index is -0.323. The van der Waals surface area contributed by atoms with E-state index in [0.29, 0.717) is 11.9 Å². The molecule has 0 aliphatic rings. The molecule has 5 nitrogen and oxygen atoms in total. The molecule has 1 heterocycles. The summed E-state index contributed by atoms with van der Waals surface area (Å²) in [5, 5.41) is 3.36. The van der Waals surface area contributed by atoms with Gasteiger partial charge in [-0.2, -0.15) is 0 Å². The average molecular weight is 301 g/mol. The zero-order valence-electron chi connectivity index (χ0n) is 13.4. The summed E-state index contributed by atoms with van der Waals surface area (Å²) in [4.78, 5) is 29.8. The number of amides is 1. The Kier molecular flexibility index (Phi) is 5.33. The molecule has 1 amide bonds. The molecule has 0 spiro atoms. The van der Waals surface area contributed by atoms with Gasteiger partial charge in [0, 0.05) is 30.2 Å². The number of nitrogens with zero attached hydrogens (tertiary/aromatic N) is 1. The van der Waals surface area contributed by atoms with Crippen LogP contribution in [0.4, 0.5) is 0 Å². The van der Waals surface area contributed by atoms with Gasteiger partial charge >= 0.3 is 0 Å². The number of aromatic amines is 1. The summed E-state index contributed by atoms with van der Waals surface area (Å²) in [5.74, 6) is -0.323. The van der Waals surface area contributed by atoms with E-state index in [1.54, 1.807) is 6.07 Å². The van der Waals surface area contributed by atoms with Crippen molar-refractivity contribution in [3.05, 3.63) is 45.7 Å². The van der Waals surface area contributed by atoms with Crippen LogP contribution >= 0.6 is 0 Å². The molecule has 0 aliphatic carbocycles. The minimum Gasteiger partial charge on any atom is -0.360 e. The first kappa shape index (κ1) is 16.2. The van der Waals surface area contributed by atoms with Crippen LogP contribution in [0.1, 0.15) is 29.8 Å². The SMILES string of the molecule is CCN(CC)CCNC(=O)c1c[nH]c2cc(C)ccc2c1=O. The van der Waals surface area contributed by atoms with Gasteiger partial charge in [0.05, 0.1) is 0 Å². The van der Waals surface area contributed by atoms with Crippen molar-refractivity contribution in [3.8, 4) is 0 Å². The lowest BCUT2D eigenvalue weighted by Gasteiger charge is -2.17. The summed E-state index contributed by atoms with van der Waals surface area (Å²) >= 11 is 0. The molecule has 0 radical (unpaired) electrons. The first-order valence-corrected chi connectivity index (χ1v) is 7.69. The number of aromatic nitrogens is 1. The largest absolute Gasteiger partial charge is 0.360 e. The first-order valence-electron chi connectivity index (χ1n) is 7.69.